The third-order valence-electron chi connectivity index (χ3n) is 6.36. The number of fused-ring (bicyclic) bond motifs is 1. The van der Waals surface area contributed by atoms with Gasteiger partial charge in [0.1, 0.15) is 11.2 Å². The van der Waals surface area contributed by atoms with Crippen LogP contribution in [0.4, 0.5) is 0 Å². The molecule has 2 aliphatic rings. The summed E-state index contributed by atoms with van der Waals surface area (Å²) in [5.41, 5.74) is 0.814. The van der Waals surface area contributed by atoms with Crippen LogP contribution < -0.4 is 4.74 Å². The van der Waals surface area contributed by atoms with Gasteiger partial charge in [0, 0.05) is 6.54 Å². The van der Waals surface area contributed by atoms with E-state index in [2.05, 4.69) is 0 Å². The minimum absolute atomic E-state index is 0.0354. The van der Waals surface area contributed by atoms with E-state index in [0.717, 1.165) is 29.7 Å². The minimum Gasteiger partial charge on any atom is -0.497 e. The van der Waals surface area contributed by atoms with E-state index < -0.39 is 23.3 Å². The largest absolute Gasteiger partial charge is 0.497 e. The average molecular weight is 379 g/mol. The first-order chi connectivity index (χ1) is 13.6. The molecule has 3 atom stereocenters. The van der Waals surface area contributed by atoms with Gasteiger partial charge >= 0.3 is 5.97 Å². The molecular weight excluding hydrogens is 354 g/mol. The van der Waals surface area contributed by atoms with E-state index in [1.807, 2.05) is 54.6 Å². The number of nitrogens with zero attached hydrogens (tertiary/aromatic N) is 1. The van der Waals surface area contributed by atoms with Crippen molar-refractivity contribution in [2.24, 2.45) is 11.3 Å². The number of carbonyl (C=O) groups excluding carboxylic acids is 1. The zero-order valence-corrected chi connectivity index (χ0v) is 16.0. The molecule has 0 aromatic heterocycles. The number of carbonyl (C=O) groups is 2. The van der Waals surface area contributed by atoms with Crippen molar-refractivity contribution < 1.29 is 19.4 Å². The maximum absolute atomic E-state index is 13.4. The Hall–Kier alpha value is -2.82. The van der Waals surface area contributed by atoms with Crippen molar-refractivity contribution in [1.29, 1.82) is 0 Å². The maximum Gasteiger partial charge on any atom is 0.312 e. The molecule has 1 saturated heterocycles. The molecule has 2 aromatic carbocycles. The summed E-state index contributed by atoms with van der Waals surface area (Å²) < 4.78 is 5.22. The van der Waals surface area contributed by atoms with Crippen molar-refractivity contribution in [3.63, 3.8) is 0 Å². The summed E-state index contributed by atoms with van der Waals surface area (Å²) in [7, 11) is 1.62. The molecule has 2 aromatic rings. The first-order valence-electron chi connectivity index (χ1n) is 9.79. The van der Waals surface area contributed by atoms with Crippen LogP contribution in [-0.2, 0) is 16.1 Å². The molecule has 4 rings (SSSR count). The van der Waals surface area contributed by atoms with Crippen molar-refractivity contribution in [2.75, 3.05) is 7.11 Å². The molecule has 5 nitrogen and oxygen atoms in total. The molecule has 1 saturated carbocycles. The topological polar surface area (TPSA) is 66.8 Å². The number of carboxylic acids is 1. The molecule has 1 aliphatic carbocycles. The lowest BCUT2D eigenvalue weighted by Crippen LogP contribution is -2.43. The van der Waals surface area contributed by atoms with E-state index in [4.69, 9.17) is 4.74 Å². The maximum atomic E-state index is 13.4. The Morgan fingerprint density at radius 1 is 1.14 bits per heavy atom. The van der Waals surface area contributed by atoms with E-state index in [1.54, 1.807) is 12.0 Å². The van der Waals surface area contributed by atoms with E-state index in [-0.39, 0.29) is 5.91 Å². The molecule has 0 bridgehead atoms. The smallest absolute Gasteiger partial charge is 0.312 e. The number of methoxy groups -OCH3 is 1. The Labute approximate surface area is 164 Å². The van der Waals surface area contributed by atoms with Gasteiger partial charge in [-0.1, -0.05) is 55.3 Å². The monoisotopic (exact) mass is 379 g/mol. The molecule has 3 unspecified atom stereocenters. The number of ether oxygens (including phenoxy) is 1. The average Bonchev–Trinajstić information content (AvgIpc) is 2.99. The quantitative estimate of drug-likeness (QED) is 0.851. The van der Waals surface area contributed by atoms with Crippen LogP contribution in [0.3, 0.4) is 0 Å². The van der Waals surface area contributed by atoms with E-state index in [1.165, 1.54) is 0 Å². The van der Waals surface area contributed by atoms with Crippen molar-refractivity contribution in [3.8, 4) is 5.75 Å². The van der Waals surface area contributed by atoms with Gasteiger partial charge in [-0.15, -0.1) is 0 Å². The summed E-state index contributed by atoms with van der Waals surface area (Å²) >= 11 is 0. The van der Waals surface area contributed by atoms with Crippen molar-refractivity contribution in [1.82, 2.24) is 4.90 Å². The third-order valence-corrected chi connectivity index (χ3v) is 6.36. The Morgan fingerprint density at radius 2 is 1.86 bits per heavy atom. The van der Waals surface area contributed by atoms with Crippen LogP contribution in [0.15, 0.2) is 54.6 Å². The molecular formula is C23H25NO4. The second kappa shape index (κ2) is 7.30. The van der Waals surface area contributed by atoms with E-state index in [9.17, 15) is 14.7 Å². The predicted octanol–water partition coefficient (Wildman–Crippen LogP) is 4.04. The van der Waals surface area contributed by atoms with Gasteiger partial charge in [-0.3, -0.25) is 9.59 Å². The molecule has 0 radical (unpaired) electrons. The normalized spacial score (nSPS) is 26.8. The highest BCUT2D eigenvalue weighted by molar-refractivity contribution is 5.92. The van der Waals surface area contributed by atoms with Gasteiger partial charge in [-0.05, 0) is 36.1 Å². The lowest BCUT2D eigenvalue weighted by Gasteiger charge is -2.39. The highest BCUT2D eigenvalue weighted by Gasteiger charge is 2.64. The fraction of sp³-hybridized carbons (Fsp3) is 0.391. The second-order valence-corrected chi connectivity index (χ2v) is 7.77. The summed E-state index contributed by atoms with van der Waals surface area (Å²) in [6.07, 6.45) is 2.93. The SMILES string of the molecule is COc1ccc(CN2C(=O)C3CCCCC3(C(=O)O)C2c2ccccc2)cc1. The lowest BCUT2D eigenvalue weighted by atomic mass is 9.63. The number of aliphatic carboxylic acids is 1. The first kappa shape index (κ1) is 18.5. The summed E-state index contributed by atoms with van der Waals surface area (Å²) in [5.74, 6) is -0.586. The van der Waals surface area contributed by atoms with Gasteiger partial charge in [0.05, 0.1) is 19.1 Å². The molecule has 1 N–H and O–H groups in total. The third kappa shape index (κ3) is 2.86. The summed E-state index contributed by atoms with van der Waals surface area (Å²) in [6, 6.07) is 16.8. The predicted molar refractivity (Wildman–Crippen MR) is 105 cm³/mol. The minimum atomic E-state index is -1.05. The van der Waals surface area contributed by atoms with Crippen LogP contribution in [0.2, 0.25) is 0 Å². The highest BCUT2D eigenvalue weighted by Crippen LogP contribution is 2.58. The Balaban J connectivity index is 1.78. The summed E-state index contributed by atoms with van der Waals surface area (Å²) in [5, 5.41) is 10.3. The standard InChI is InChI=1S/C23H25NO4/c1-28-18-12-10-16(11-13-18)15-24-20(17-7-3-2-4-8-17)23(22(26)27)14-6-5-9-19(23)21(24)25/h2-4,7-8,10-13,19-20H,5-6,9,14-15H2,1H3,(H,26,27). The molecule has 146 valence electrons. The Morgan fingerprint density at radius 3 is 2.50 bits per heavy atom. The molecule has 0 spiro atoms. The number of likely N-dealkylation sites (tertiary alicyclic amines) is 1. The zero-order chi connectivity index (χ0) is 19.7. The van der Waals surface area contributed by atoms with E-state index >= 15 is 0 Å². The molecule has 5 heteroatoms. The lowest BCUT2D eigenvalue weighted by molar-refractivity contribution is -0.156. The van der Waals surface area contributed by atoms with Crippen LogP contribution in [0.1, 0.15) is 42.9 Å². The Bertz CT molecular complexity index is 864. The van der Waals surface area contributed by atoms with Gasteiger partial charge < -0.3 is 14.7 Å². The van der Waals surface area contributed by atoms with Gasteiger partial charge in [0.2, 0.25) is 5.91 Å². The summed E-state index contributed by atoms with van der Waals surface area (Å²) in [4.78, 5) is 27.8. The van der Waals surface area contributed by atoms with Crippen molar-refractivity contribution in [3.05, 3.63) is 65.7 Å². The number of amides is 1. The molecule has 2 fully saturated rings. The van der Waals surface area contributed by atoms with Gasteiger partial charge in [-0.2, -0.15) is 0 Å². The number of carboxylic acid groups (broad SMARTS) is 1. The highest BCUT2D eigenvalue weighted by atomic mass is 16.5. The fourth-order valence-corrected chi connectivity index (χ4v) is 5.06. The Kier molecular flexibility index (Phi) is 4.84. The van der Waals surface area contributed by atoms with E-state index in [0.29, 0.717) is 19.4 Å². The number of benzene rings is 2. The van der Waals surface area contributed by atoms with Crippen molar-refractivity contribution >= 4 is 11.9 Å². The number of hydrogen-bond donors (Lipinski definition) is 1. The zero-order valence-electron chi connectivity index (χ0n) is 16.0. The van der Waals surface area contributed by atoms with Crippen LogP contribution in [0, 0.1) is 11.3 Å². The second-order valence-electron chi connectivity index (χ2n) is 7.77. The first-order valence-corrected chi connectivity index (χ1v) is 9.79. The summed E-state index contributed by atoms with van der Waals surface area (Å²) in [6.45, 7) is 0.397. The fourth-order valence-electron chi connectivity index (χ4n) is 5.06. The van der Waals surface area contributed by atoms with Crippen LogP contribution in [-0.4, -0.2) is 29.0 Å². The van der Waals surface area contributed by atoms with Gasteiger partial charge in [-0.25, -0.2) is 0 Å². The van der Waals surface area contributed by atoms with Crippen LogP contribution >= 0.6 is 0 Å². The number of hydrogen-bond acceptors (Lipinski definition) is 3. The number of rotatable bonds is 5. The molecule has 28 heavy (non-hydrogen) atoms. The van der Waals surface area contributed by atoms with Gasteiger partial charge in [0.15, 0.2) is 0 Å². The molecule has 1 aliphatic heterocycles. The van der Waals surface area contributed by atoms with Crippen molar-refractivity contribution in [2.45, 2.75) is 38.3 Å². The van der Waals surface area contributed by atoms with Gasteiger partial charge in [0.25, 0.3) is 0 Å². The molecule has 1 heterocycles. The molecule has 1 amide bonds. The van der Waals surface area contributed by atoms with Crippen LogP contribution in [0.25, 0.3) is 0 Å². The van der Waals surface area contributed by atoms with Crippen LogP contribution in [0.5, 0.6) is 5.75 Å².